The molecule has 7 aromatic carbocycles. The summed E-state index contributed by atoms with van der Waals surface area (Å²) < 4.78 is 2.58. The number of fused-ring (bicyclic) bond motifs is 3. The first-order valence-corrected chi connectivity index (χ1v) is 17.2. The number of hydrogen-bond acceptors (Lipinski definition) is 4. The van der Waals surface area contributed by atoms with E-state index in [1.807, 2.05) is 29.5 Å². The smallest absolute Gasteiger partial charge is 0.164 e. The van der Waals surface area contributed by atoms with Crippen molar-refractivity contribution in [2.24, 2.45) is 0 Å². The molecule has 0 aliphatic heterocycles. The van der Waals surface area contributed by atoms with Gasteiger partial charge in [-0.2, -0.15) is 0 Å². The Morgan fingerprint density at radius 1 is 0.306 bits per heavy atom. The minimum absolute atomic E-state index is 0.637. The van der Waals surface area contributed by atoms with Gasteiger partial charge in [0.2, 0.25) is 0 Å². The molecule has 4 heteroatoms. The van der Waals surface area contributed by atoms with Gasteiger partial charge in [0.05, 0.1) is 0 Å². The van der Waals surface area contributed by atoms with E-state index in [0.29, 0.717) is 17.5 Å². The van der Waals surface area contributed by atoms with Crippen LogP contribution < -0.4 is 0 Å². The van der Waals surface area contributed by atoms with Crippen molar-refractivity contribution < 1.29 is 0 Å². The van der Waals surface area contributed by atoms with Crippen molar-refractivity contribution >= 4 is 31.5 Å². The Balaban J connectivity index is 1.23. The van der Waals surface area contributed by atoms with Gasteiger partial charge in [0, 0.05) is 36.9 Å². The van der Waals surface area contributed by atoms with E-state index < -0.39 is 0 Å². The maximum absolute atomic E-state index is 5.18. The lowest BCUT2D eigenvalue weighted by atomic mass is 9.98. The molecule has 9 rings (SSSR count). The van der Waals surface area contributed by atoms with E-state index in [0.717, 1.165) is 44.5 Å². The molecule has 0 atom stereocenters. The third kappa shape index (κ3) is 5.48. The second-order valence-corrected chi connectivity index (χ2v) is 13.1. The summed E-state index contributed by atoms with van der Waals surface area (Å²) in [6, 6.07) is 61.5. The van der Waals surface area contributed by atoms with E-state index in [1.54, 1.807) is 0 Å². The average Bonchev–Trinajstić information content (AvgIpc) is 3.58. The molecule has 9 aromatic rings. The molecule has 0 radical (unpaired) electrons. The molecule has 0 aliphatic rings. The highest BCUT2D eigenvalue weighted by Gasteiger charge is 2.17. The Labute approximate surface area is 288 Å². The zero-order valence-electron chi connectivity index (χ0n) is 26.5. The van der Waals surface area contributed by atoms with Gasteiger partial charge < -0.3 is 0 Å². The molecule has 0 aliphatic carbocycles. The highest BCUT2D eigenvalue weighted by Crippen LogP contribution is 2.41. The summed E-state index contributed by atoms with van der Waals surface area (Å²) in [4.78, 5) is 15.5. The van der Waals surface area contributed by atoms with Crippen LogP contribution in [0.5, 0.6) is 0 Å². The van der Waals surface area contributed by atoms with E-state index in [2.05, 4.69) is 158 Å². The monoisotopic (exact) mass is 643 g/mol. The Morgan fingerprint density at radius 3 is 1.55 bits per heavy atom. The van der Waals surface area contributed by atoms with Crippen molar-refractivity contribution in [1.29, 1.82) is 0 Å². The van der Waals surface area contributed by atoms with E-state index in [-0.39, 0.29) is 0 Å². The van der Waals surface area contributed by atoms with Crippen LogP contribution >= 0.6 is 11.3 Å². The van der Waals surface area contributed by atoms with Crippen LogP contribution in [0, 0.1) is 0 Å². The fourth-order valence-corrected chi connectivity index (χ4v) is 7.81. The maximum Gasteiger partial charge on any atom is 0.164 e. The summed E-state index contributed by atoms with van der Waals surface area (Å²) in [6.07, 6.45) is 0. The second kappa shape index (κ2) is 12.4. The quantitative estimate of drug-likeness (QED) is 0.181. The lowest BCUT2D eigenvalue weighted by Gasteiger charge is -2.13. The lowest BCUT2D eigenvalue weighted by Crippen LogP contribution is -2.01. The third-order valence-electron chi connectivity index (χ3n) is 8.95. The van der Waals surface area contributed by atoms with Gasteiger partial charge in [-0.25, -0.2) is 15.0 Å². The van der Waals surface area contributed by atoms with Crippen molar-refractivity contribution in [3.05, 3.63) is 176 Å². The van der Waals surface area contributed by atoms with E-state index in [1.165, 1.54) is 25.7 Å². The van der Waals surface area contributed by atoms with Crippen molar-refractivity contribution in [2.75, 3.05) is 0 Å². The normalized spacial score (nSPS) is 11.3. The van der Waals surface area contributed by atoms with Crippen molar-refractivity contribution in [1.82, 2.24) is 15.0 Å². The van der Waals surface area contributed by atoms with Crippen LogP contribution in [0.4, 0.5) is 0 Å². The predicted molar refractivity (Wildman–Crippen MR) is 205 cm³/mol. The Bertz CT molecular complexity index is 2610. The van der Waals surface area contributed by atoms with Gasteiger partial charge in [-0.3, -0.25) is 0 Å². The first-order valence-electron chi connectivity index (χ1n) is 16.4. The number of thiophene rings is 1. The average molecular weight is 644 g/mol. The standard InChI is InChI=1S/C45H29N3S/c1-3-14-30(15-4-1)32-18-11-20-34(28-32)43-46-44(48-45(47-43)40-24-8-7-22-36(40)31-16-5-2-6-17-31)35-21-12-19-33(29-35)37-25-13-26-39-38-23-9-10-27-41(38)49-42(37)39/h1-29H. The zero-order chi connectivity index (χ0) is 32.6. The summed E-state index contributed by atoms with van der Waals surface area (Å²) in [5, 5.41) is 2.58. The first-order chi connectivity index (χ1) is 24.3. The largest absolute Gasteiger partial charge is 0.208 e. The number of rotatable bonds is 6. The van der Waals surface area contributed by atoms with Gasteiger partial charge in [-0.05, 0) is 51.6 Å². The summed E-state index contributed by atoms with van der Waals surface area (Å²) >= 11 is 1.84. The fourth-order valence-electron chi connectivity index (χ4n) is 6.57. The first kappa shape index (κ1) is 29.0. The number of benzene rings is 7. The van der Waals surface area contributed by atoms with Gasteiger partial charge in [0.25, 0.3) is 0 Å². The van der Waals surface area contributed by atoms with Crippen LogP contribution in [0.2, 0.25) is 0 Å². The Kier molecular flexibility index (Phi) is 7.34. The van der Waals surface area contributed by atoms with Gasteiger partial charge in [-0.1, -0.05) is 158 Å². The second-order valence-electron chi connectivity index (χ2n) is 12.0. The molecule has 3 nitrogen and oxygen atoms in total. The highest BCUT2D eigenvalue weighted by molar-refractivity contribution is 7.26. The minimum Gasteiger partial charge on any atom is -0.208 e. The topological polar surface area (TPSA) is 38.7 Å². The summed E-state index contributed by atoms with van der Waals surface area (Å²) in [6.45, 7) is 0. The molecule has 49 heavy (non-hydrogen) atoms. The molecule has 0 saturated heterocycles. The van der Waals surface area contributed by atoms with E-state index >= 15 is 0 Å². The zero-order valence-corrected chi connectivity index (χ0v) is 27.3. The van der Waals surface area contributed by atoms with Gasteiger partial charge in [-0.15, -0.1) is 11.3 Å². The maximum atomic E-state index is 5.18. The molecule has 0 N–H and O–H groups in total. The molecule has 0 fully saturated rings. The number of nitrogens with zero attached hydrogens (tertiary/aromatic N) is 3. The van der Waals surface area contributed by atoms with Crippen molar-refractivity contribution in [3.63, 3.8) is 0 Å². The van der Waals surface area contributed by atoms with Crippen LogP contribution in [0.15, 0.2) is 176 Å². The molecule has 230 valence electrons. The SMILES string of the molecule is c1ccc(-c2cccc(-c3nc(-c4cccc(-c5cccc6c5sc5ccccc56)c4)nc(-c4ccccc4-c4ccccc4)n3)c2)cc1. The molecule has 0 amide bonds. The van der Waals surface area contributed by atoms with Crippen LogP contribution in [-0.4, -0.2) is 15.0 Å². The molecule has 2 heterocycles. The van der Waals surface area contributed by atoms with Gasteiger partial charge in [0.15, 0.2) is 17.5 Å². The fraction of sp³-hybridized carbons (Fsp3) is 0. The Hall–Kier alpha value is -6.23. The van der Waals surface area contributed by atoms with Crippen LogP contribution in [0.3, 0.4) is 0 Å². The summed E-state index contributed by atoms with van der Waals surface area (Å²) in [5.74, 6) is 1.91. The molecule has 0 bridgehead atoms. The molecule has 0 saturated carbocycles. The van der Waals surface area contributed by atoms with E-state index in [9.17, 15) is 0 Å². The van der Waals surface area contributed by atoms with Crippen LogP contribution in [-0.2, 0) is 0 Å². The highest BCUT2D eigenvalue weighted by atomic mass is 32.1. The van der Waals surface area contributed by atoms with Gasteiger partial charge >= 0.3 is 0 Å². The lowest BCUT2D eigenvalue weighted by molar-refractivity contribution is 1.07. The predicted octanol–water partition coefficient (Wildman–Crippen LogP) is 12.2. The molecular weight excluding hydrogens is 615 g/mol. The third-order valence-corrected chi connectivity index (χ3v) is 10.2. The van der Waals surface area contributed by atoms with Crippen molar-refractivity contribution in [2.45, 2.75) is 0 Å². The van der Waals surface area contributed by atoms with E-state index in [4.69, 9.17) is 15.0 Å². The molecule has 0 spiro atoms. The van der Waals surface area contributed by atoms with Crippen molar-refractivity contribution in [3.8, 4) is 67.5 Å². The van der Waals surface area contributed by atoms with Gasteiger partial charge in [0.1, 0.15) is 0 Å². The molecule has 2 aromatic heterocycles. The minimum atomic E-state index is 0.637. The number of aromatic nitrogens is 3. The van der Waals surface area contributed by atoms with Crippen LogP contribution in [0.25, 0.3) is 87.7 Å². The number of hydrogen-bond donors (Lipinski definition) is 0. The summed E-state index contributed by atoms with van der Waals surface area (Å²) in [7, 11) is 0. The molecular formula is C45H29N3S. The Morgan fingerprint density at radius 2 is 0.796 bits per heavy atom. The molecule has 0 unspecified atom stereocenters. The van der Waals surface area contributed by atoms with Crippen LogP contribution in [0.1, 0.15) is 0 Å². The summed E-state index contributed by atoms with van der Waals surface area (Å²) in [5.41, 5.74) is 9.64.